The smallest absolute Gasteiger partial charge is 0.250 e. The Hall–Kier alpha value is -4.23. The lowest BCUT2D eigenvalue weighted by Gasteiger charge is -2.29. The molecule has 0 radical (unpaired) electrons. The maximum atomic E-state index is 14.0. The summed E-state index contributed by atoms with van der Waals surface area (Å²) >= 11 is 0. The molecular weight excluding hydrogens is 452 g/mol. The third-order valence-electron chi connectivity index (χ3n) is 8.09. The number of anilines is 2. The largest absolute Gasteiger partial charge is 0.361 e. The van der Waals surface area contributed by atoms with Gasteiger partial charge in [0, 0.05) is 34.4 Å². The molecule has 178 valence electrons. The number of aromatic amines is 1. The van der Waals surface area contributed by atoms with Crippen molar-refractivity contribution in [3.8, 4) is 0 Å². The van der Waals surface area contributed by atoms with E-state index in [0.29, 0.717) is 12.1 Å². The van der Waals surface area contributed by atoms with E-state index in [-0.39, 0.29) is 17.7 Å². The molecule has 0 unspecified atom stereocenters. The molecule has 1 spiro atoms. The standard InChI is InChI=1S/C29H24N4O3/c1-16-8-7-12-20-25(16)31-28(36)29(20)24-23(26(34)33(27(24)35)18-9-3-2-4-10-18)22(32-29)14-17-15-30-21-13-6-5-11-19(17)21/h2-13,15,22-24,30,32H,14H2,1H3,(H,31,36)/t22-,23+,24-,29-/m0/s1. The molecule has 3 amide bonds. The Balaban J connectivity index is 1.39. The van der Waals surface area contributed by atoms with Gasteiger partial charge in [0.15, 0.2) is 0 Å². The highest BCUT2D eigenvalue weighted by Crippen LogP contribution is 2.54. The van der Waals surface area contributed by atoms with Crippen molar-refractivity contribution in [2.75, 3.05) is 10.2 Å². The first-order chi connectivity index (χ1) is 17.5. The minimum Gasteiger partial charge on any atom is -0.361 e. The van der Waals surface area contributed by atoms with E-state index >= 15 is 0 Å². The molecule has 4 atom stereocenters. The van der Waals surface area contributed by atoms with Gasteiger partial charge in [-0.2, -0.15) is 0 Å². The minimum atomic E-state index is -1.31. The monoisotopic (exact) mass is 476 g/mol. The number of carbonyl (C=O) groups excluding carboxylic acids is 3. The van der Waals surface area contributed by atoms with Crippen LogP contribution in [0.5, 0.6) is 0 Å². The van der Waals surface area contributed by atoms with Gasteiger partial charge in [-0.3, -0.25) is 19.7 Å². The number of nitrogens with one attached hydrogen (secondary N) is 3. The molecule has 0 bridgehead atoms. The third kappa shape index (κ3) is 2.63. The Labute approximate surface area is 207 Å². The minimum absolute atomic E-state index is 0.265. The second-order valence-corrected chi connectivity index (χ2v) is 9.92. The maximum absolute atomic E-state index is 14.0. The van der Waals surface area contributed by atoms with Crippen molar-refractivity contribution in [2.45, 2.75) is 24.9 Å². The van der Waals surface area contributed by atoms with Crippen LogP contribution in [-0.4, -0.2) is 28.7 Å². The van der Waals surface area contributed by atoms with E-state index in [2.05, 4.69) is 15.6 Å². The molecule has 2 saturated heterocycles. The van der Waals surface area contributed by atoms with E-state index in [1.54, 1.807) is 12.1 Å². The van der Waals surface area contributed by atoms with Gasteiger partial charge in [0.25, 0.3) is 0 Å². The number of para-hydroxylation sites is 3. The number of carbonyl (C=O) groups is 3. The summed E-state index contributed by atoms with van der Waals surface area (Å²) in [6.45, 7) is 1.94. The van der Waals surface area contributed by atoms with Crippen molar-refractivity contribution >= 4 is 40.0 Å². The number of rotatable bonds is 3. The summed E-state index contributed by atoms with van der Waals surface area (Å²) in [6, 6.07) is 22.3. The number of amides is 3. The summed E-state index contributed by atoms with van der Waals surface area (Å²) < 4.78 is 0. The summed E-state index contributed by atoms with van der Waals surface area (Å²) in [5, 5.41) is 7.63. The molecule has 7 nitrogen and oxygen atoms in total. The van der Waals surface area contributed by atoms with Gasteiger partial charge >= 0.3 is 0 Å². The number of imide groups is 1. The van der Waals surface area contributed by atoms with Crippen molar-refractivity contribution < 1.29 is 14.4 Å². The number of hydrogen-bond acceptors (Lipinski definition) is 4. The zero-order chi connectivity index (χ0) is 24.6. The van der Waals surface area contributed by atoms with Gasteiger partial charge < -0.3 is 10.3 Å². The Morgan fingerprint density at radius 3 is 2.50 bits per heavy atom. The normalized spacial score (nSPS) is 26.6. The van der Waals surface area contributed by atoms with Crippen LogP contribution in [0.3, 0.4) is 0 Å². The van der Waals surface area contributed by atoms with Crippen LogP contribution in [0.4, 0.5) is 11.4 Å². The maximum Gasteiger partial charge on any atom is 0.250 e. The quantitative estimate of drug-likeness (QED) is 0.394. The molecule has 3 aromatic carbocycles. The fraction of sp³-hybridized carbons (Fsp3) is 0.207. The van der Waals surface area contributed by atoms with Crippen LogP contribution in [0.25, 0.3) is 10.9 Å². The topological polar surface area (TPSA) is 94.3 Å². The molecule has 36 heavy (non-hydrogen) atoms. The van der Waals surface area contributed by atoms with Crippen LogP contribution in [0, 0.1) is 18.8 Å². The van der Waals surface area contributed by atoms with E-state index in [0.717, 1.165) is 33.3 Å². The van der Waals surface area contributed by atoms with Gasteiger partial charge in [-0.25, -0.2) is 4.90 Å². The van der Waals surface area contributed by atoms with Crippen molar-refractivity contribution in [1.29, 1.82) is 0 Å². The molecule has 0 saturated carbocycles. The van der Waals surface area contributed by atoms with Crippen molar-refractivity contribution in [1.82, 2.24) is 10.3 Å². The SMILES string of the molecule is Cc1cccc2c1NC(=O)[C@]21N[C@@H](Cc2c[nH]c3ccccc23)[C@H]2C(=O)N(c3ccccc3)C(=O)[C@H]21. The van der Waals surface area contributed by atoms with Gasteiger partial charge in [0.1, 0.15) is 5.54 Å². The lowest BCUT2D eigenvalue weighted by molar-refractivity contribution is -0.130. The van der Waals surface area contributed by atoms with E-state index in [4.69, 9.17) is 0 Å². The summed E-state index contributed by atoms with van der Waals surface area (Å²) in [5.74, 6) is -2.40. The van der Waals surface area contributed by atoms with Crippen molar-refractivity contribution in [3.05, 3.63) is 95.7 Å². The number of aromatic nitrogens is 1. The van der Waals surface area contributed by atoms with Crippen LogP contribution < -0.4 is 15.5 Å². The molecule has 1 aromatic heterocycles. The van der Waals surface area contributed by atoms with E-state index in [1.807, 2.05) is 73.8 Å². The first kappa shape index (κ1) is 21.1. The molecule has 4 aromatic rings. The molecule has 4 heterocycles. The van der Waals surface area contributed by atoms with Crippen LogP contribution in [0.15, 0.2) is 79.0 Å². The number of H-pyrrole nitrogens is 1. The Morgan fingerprint density at radius 1 is 0.889 bits per heavy atom. The highest BCUT2D eigenvalue weighted by atomic mass is 16.2. The Bertz CT molecular complexity index is 1580. The third-order valence-corrected chi connectivity index (χ3v) is 8.09. The van der Waals surface area contributed by atoms with Gasteiger partial charge in [-0.15, -0.1) is 0 Å². The average molecular weight is 477 g/mol. The molecule has 3 aliphatic heterocycles. The second kappa shape index (κ2) is 7.38. The number of hydrogen-bond donors (Lipinski definition) is 3. The summed E-state index contributed by atoms with van der Waals surface area (Å²) in [6.07, 6.45) is 2.46. The molecule has 7 heteroatoms. The predicted molar refractivity (Wildman–Crippen MR) is 136 cm³/mol. The van der Waals surface area contributed by atoms with E-state index in [1.165, 1.54) is 4.90 Å². The van der Waals surface area contributed by atoms with Crippen LogP contribution >= 0.6 is 0 Å². The lowest BCUT2D eigenvalue weighted by Crippen LogP contribution is -2.53. The Kier molecular flexibility index (Phi) is 4.32. The van der Waals surface area contributed by atoms with Gasteiger partial charge in [-0.1, -0.05) is 54.6 Å². The van der Waals surface area contributed by atoms with Crippen LogP contribution in [0.1, 0.15) is 16.7 Å². The van der Waals surface area contributed by atoms with Gasteiger partial charge in [-0.05, 0) is 42.7 Å². The number of benzene rings is 3. The number of fused-ring (bicyclic) bond motifs is 5. The predicted octanol–water partition coefficient (Wildman–Crippen LogP) is 3.64. The fourth-order valence-electron chi connectivity index (χ4n) is 6.52. The van der Waals surface area contributed by atoms with E-state index in [9.17, 15) is 14.4 Å². The number of nitrogens with zero attached hydrogens (tertiary/aromatic N) is 1. The second-order valence-electron chi connectivity index (χ2n) is 9.92. The molecule has 0 aliphatic carbocycles. The fourth-order valence-corrected chi connectivity index (χ4v) is 6.52. The highest BCUT2D eigenvalue weighted by molar-refractivity contribution is 6.25. The molecule has 3 N–H and O–H groups in total. The Morgan fingerprint density at radius 2 is 1.67 bits per heavy atom. The highest BCUT2D eigenvalue weighted by Gasteiger charge is 2.70. The summed E-state index contributed by atoms with van der Waals surface area (Å²) in [5.41, 5.74) is 3.66. The lowest BCUT2D eigenvalue weighted by atomic mass is 9.76. The number of aryl methyl sites for hydroxylation is 1. The van der Waals surface area contributed by atoms with Gasteiger partial charge in [0.05, 0.1) is 17.5 Å². The molecule has 2 fully saturated rings. The first-order valence-electron chi connectivity index (χ1n) is 12.2. The zero-order valence-corrected chi connectivity index (χ0v) is 19.6. The van der Waals surface area contributed by atoms with Crippen molar-refractivity contribution in [2.24, 2.45) is 11.8 Å². The average Bonchev–Trinajstić information content (AvgIpc) is 3.60. The van der Waals surface area contributed by atoms with Crippen LogP contribution in [-0.2, 0) is 26.3 Å². The summed E-state index contributed by atoms with van der Waals surface area (Å²) in [7, 11) is 0. The first-order valence-corrected chi connectivity index (χ1v) is 12.2. The van der Waals surface area contributed by atoms with Gasteiger partial charge in [0.2, 0.25) is 17.7 Å². The zero-order valence-electron chi connectivity index (χ0n) is 19.6. The van der Waals surface area contributed by atoms with E-state index < -0.39 is 23.4 Å². The van der Waals surface area contributed by atoms with Crippen LogP contribution in [0.2, 0.25) is 0 Å². The molecular formula is C29H24N4O3. The van der Waals surface area contributed by atoms with Crippen molar-refractivity contribution in [3.63, 3.8) is 0 Å². The summed E-state index contributed by atoms with van der Waals surface area (Å²) in [4.78, 5) is 46.3. The molecule has 3 aliphatic rings. The molecule has 7 rings (SSSR count).